The fourth-order valence-electron chi connectivity index (χ4n) is 2.37. The molecule has 0 aliphatic rings. The summed E-state index contributed by atoms with van der Waals surface area (Å²) in [7, 11) is 1.93. The van der Waals surface area contributed by atoms with Crippen molar-refractivity contribution < 1.29 is 4.74 Å². The van der Waals surface area contributed by atoms with Gasteiger partial charge in [0.25, 0.3) is 0 Å². The molecule has 0 saturated carbocycles. The fraction of sp³-hybridized carbons (Fsp3) is 0.100. The molecule has 0 heterocycles. The number of likely N-dealkylation sites (N-methyl/N-ethyl adjacent to an activating group) is 1. The average Bonchev–Trinajstić information content (AvgIpc) is 2.59. The first-order valence-corrected chi connectivity index (χ1v) is 7.43. The lowest BCUT2D eigenvalue weighted by molar-refractivity contribution is 0.513. The molecule has 2 nitrogen and oxygen atoms in total. The topological polar surface area (TPSA) is 21.3 Å². The van der Waals surface area contributed by atoms with Gasteiger partial charge in [0.05, 0.1) is 0 Å². The van der Waals surface area contributed by atoms with E-state index in [-0.39, 0.29) is 0 Å². The van der Waals surface area contributed by atoms with Crippen molar-refractivity contribution in [3.8, 4) is 5.75 Å². The van der Waals surface area contributed by atoms with Gasteiger partial charge in [0.15, 0.2) is 0 Å². The molecule has 0 fully saturated rings. The van der Waals surface area contributed by atoms with Gasteiger partial charge in [-0.1, -0.05) is 60.7 Å². The monoisotopic (exact) mass is 289 g/mol. The minimum Gasteiger partial charge on any atom is -0.457 e. The van der Waals surface area contributed by atoms with Crippen LogP contribution in [0, 0.1) is 0 Å². The van der Waals surface area contributed by atoms with Crippen LogP contribution in [-0.2, 0) is 0 Å². The zero-order valence-electron chi connectivity index (χ0n) is 12.6. The van der Waals surface area contributed by atoms with E-state index >= 15 is 0 Å². The number of hydrogen-bond donors (Lipinski definition) is 1. The molecular formula is C20H19NO. The maximum absolute atomic E-state index is 6.13. The number of nitrogens with one attached hydrogen (secondary N) is 1. The molecule has 1 N–H and O–H groups in total. The number of hydrogen-bond acceptors (Lipinski definition) is 2. The van der Waals surface area contributed by atoms with Gasteiger partial charge in [-0.3, -0.25) is 0 Å². The van der Waals surface area contributed by atoms with E-state index in [9.17, 15) is 0 Å². The lowest BCUT2D eigenvalue weighted by Gasteiger charge is -2.11. The zero-order valence-corrected chi connectivity index (χ0v) is 12.6. The second-order valence-electron chi connectivity index (χ2n) is 5.10. The Labute approximate surface area is 131 Å². The quantitative estimate of drug-likeness (QED) is 0.699. The van der Waals surface area contributed by atoms with Gasteiger partial charge in [0, 0.05) is 12.1 Å². The second-order valence-corrected chi connectivity index (χ2v) is 5.10. The second kappa shape index (κ2) is 6.92. The van der Waals surface area contributed by atoms with Crippen LogP contribution in [0.4, 0.5) is 0 Å². The van der Waals surface area contributed by atoms with E-state index in [1.165, 1.54) is 10.8 Å². The van der Waals surface area contributed by atoms with Gasteiger partial charge in [-0.25, -0.2) is 0 Å². The highest BCUT2D eigenvalue weighted by Gasteiger charge is 2.05. The van der Waals surface area contributed by atoms with Crippen LogP contribution < -0.4 is 10.1 Å². The lowest BCUT2D eigenvalue weighted by atomic mass is 10.1. The number of rotatable bonds is 5. The van der Waals surface area contributed by atoms with Crippen molar-refractivity contribution in [3.05, 3.63) is 84.4 Å². The minimum absolute atomic E-state index is 0.762. The molecule has 0 aromatic heterocycles. The van der Waals surface area contributed by atoms with E-state index in [4.69, 9.17) is 4.74 Å². The van der Waals surface area contributed by atoms with E-state index in [1.54, 1.807) is 0 Å². The largest absolute Gasteiger partial charge is 0.457 e. The molecule has 0 atom stereocenters. The molecule has 0 unspecified atom stereocenters. The molecule has 22 heavy (non-hydrogen) atoms. The number of ether oxygens (including phenoxy) is 1. The molecule has 0 bridgehead atoms. The summed E-state index contributed by atoms with van der Waals surface area (Å²) in [4.78, 5) is 0. The minimum atomic E-state index is 0.762. The molecular weight excluding hydrogens is 270 g/mol. The maximum Gasteiger partial charge on any atom is 0.131 e. The summed E-state index contributed by atoms with van der Waals surface area (Å²) in [6.45, 7) is 0.762. The van der Waals surface area contributed by atoms with Crippen molar-refractivity contribution in [3.63, 3.8) is 0 Å². The molecule has 0 amide bonds. The van der Waals surface area contributed by atoms with Crippen LogP contribution in [-0.4, -0.2) is 13.6 Å². The average molecular weight is 289 g/mol. The molecule has 3 rings (SSSR count). The Morgan fingerprint density at radius 3 is 2.41 bits per heavy atom. The van der Waals surface area contributed by atoms with Crippen LogP contribution >= 0.6 is 0 Å². The summed E-state index contributed by atoms with van der Waals surface area (Å²) >= 11 is 0. The first-order valence-electron chi connectivity index (χ1n) is 7.43. The molecule has 110 valence electrons. The summed E-state index contributed by atoms with van der Waals surface area (Å²) < 4.78 is 6.13. The summed E-state index contributed by atoms with van der Waals surface area (Å²) in [5.41, 5.74) is 1.07. The first kappa shape index (κ1) is 14.4. The highest BCUT2D eigenvalue weighted by Crippen LogP contribution is 2.25. The van der Waals surface area contributed by atoms with Crippen LogP contribution in [0.1, 0.15) is 5.56 Å². The summed E-state index contributed by atoms with van der Waals surface area (Å²) in [6, 6.07) is 24.6. The third-order valence-corrected chi connectivity index (χ3v) is 3.50. The normalized spacial score (nSPS) is 11.6. The highest BCUT2D eigenvalue weighted by molar-refractivity contribution is 5.84. The molecule has 0 aliphatic carbocycles. The van der Waals surface area contributed by atoms with Crippen molar-refractivity contribution in [2.24, 2.45) is 0 Å². The number of benzene rings is 3. The number of fused-ring (bicyclic) bond motifs is 1. The van der Waals surface area contributed by atoms with E-state index in [0.29, 0.717) is 0 Å². The summed E-state index contributed by atoms with van der Waals surface area (Å²) in [6.07, 6.45) is 2.06. The Bertz CT molecular complexity index is 778. The molecule has 2 heteroatoms. The van der Waals surface area contributed by atoms with Gasteiger partial charge in [-0.05, 0) is 36.0 Å². The lowest BCUT2D eigenvalue weighted by Crippen LogP contribution is -2.07. The van der Waals surface area contributed by atoms with Gasteiger partial charge in [-0.15, -0.1) is 0 Å². The standard InChI is InChI=1S/C20H19NO/c1-21-14-13-20(17-8-3-2-4-9-17)22-19-12-11-16-7-5-6-10-18(16)15-19/h2-13,15,21H,14H2,1H3. The van der Waals surface area contributed by atoms with Crippen molar-refractivity contribution in [1.82, 2.24) is 5.32 Å². The zero-order chi connectivity index (χ0) is 15.2. The van der Waals surface area contributed by atoms with Gasteiger partial charge < -0.3 is 10.1 Å². The van der Waals surface area contributed by atoms with Crippen molar-refractivity contribution >= 4 is 16.5 Å². The van der Waals surface area contributed by atoms with E-state index in [2.05, 4.69) is 47.8 Å². The van der Waals surface area contributed by atoms with Gasteiger partial charge >= 0.3 is 0 Å². The van der Waals surface area contributed by atoms with E-state index in [1.807, 2.05) is 43.4 Å². The Kier molecular flexibility index (Phi) is 4.52. The fourth-order valence-corrected chi connectivity index (χ4v) is 2.37. The molecule has 3 aromatic carbocycles. The predicted molar refractivity (Wildman–Crippen MR) is 92.9 cm³/mol. The maximum atomic E-state index is 6.13. The first-order chi connectivity index (χ1) is 10.9. The smallest absolute Gasteiger partial charge is 0.131 e. The van der Waals surface area contributed by atoms with Crippen LogP contribution in [0.15, 0.2) is 78.9 Å². The van der Waals surface area contributed by atoms with Gasteiger partial charge in [0.1, 0.15) is 11.5 Å². The van der Waals surface area contributed by atoms with Crippen LogP contribution in [0.5, 0.6) is 5.75 Å². The third-order valence-electron chi connectivity index (χ3n) is 3.50. The van der Waals surface area contributed by atoms with Gasteiger partial charge in [-0.2, -0.15) is 0 Å². The van der Waals surface area contributed by atoms with Crippen molar-refractivity contribution in [2.75, 3.05) is 13.6 Å². The van der Waals surface area contributed by atoms with E-state index in [0.717, 1.165) is 23.6 Å². The Hall–Kier alpha value is -2.58. The molecule has 0 aliphatic heterocycles. The summed E-state index contributed by atoms with van der Waals surface area (Å²) in [5, 5.41) is 5.53. The summed E-state index contributed by atoms with van der Waals surface area (Å²) in [5.74, 6) is 1.72. The van der Waals surface area contributed by atoms with E-state index < -0.39 is 0 Å². The molecule has 0 radical (unpaired) electrons. The van der Waals surface area contributed by atoms with Crippen LogP contribution in [0.3, 0.4) is 0 Å². The Balaban J connectivity index is 1.91. The molecule has 0 spiro atoms. The Morgan fingerprint density at radius 1 is 0.909 bits per heavy atom. The molecule has 0 saturated heterocycles. The Morgan fingerprint density at radius 2 is 1.64 bits per heavy atom. The van der Waals surface area contributed by atoms with Crippen LogP contribution in [0.2, 0.25) is 0 Å². The van der Waals surface area contributed by atoms with Crippen molar-refractivity contribution in [2.45, 2.75) is 0 Å². The van der Waals surface area contributed by atoms with Crippen LogP contribution in [0.25, 0.3) is 16.5 Å². The molecule has 3 aromatic rings. The highest BCUT2D eigenvalue weighted by atomic mass is 16.5. The third kappa shape index (κ3) is 3.35. The van der Waals surface area contributed by atoms with Crippen molar-refractivity contribution in [1.29, 1.82) is 0 Å². The SMILES string of the molecule is CNCC=C(Oc1ccc2ccccc2c1)c1ccccc1. The predicted octanol–water partition coefficient (Wildman–Crippen LogP) is 4.48. The van der Waals surface area contributed by atoms with Gasteiger partial charge in [0.2, 0.25) is 0 Å².